The number of hydrogen-bond donors (Lipinski definition) is 2. The molecule has 0 bridgehead atoms. The Bertz CT molecular complexity index is 1770. The molecule has 1 aliphatic heterocycles. The number of fused-ring (bicyclic) bond motifs is 2. The number of rotatable bonds is 8. The lowest BCUT2D eigenvalue weighted by atomic mass is 10.1. The molecular formula is C31H33F2N7O4. The number of aromatic amines is 1. The fourth-order valence-electron chi connectivity index (χ4n) is 5.22. The normalized spacial score (nSPS) is 16.1. The van der Waals surface area contributed by atoms with Crippen LogP contribution in [0.2, 0.25) is 0 Å². The molecule has 13 heteroatoms. The summed E-state index contributed by atoms with van der Waals surface area (Å²) in [6.07, 6.45) is 2.25. The lowest BCUT2D eigenvalue weighted by Gasteiger charge is -2.33. The second-order valence-electron chi connectivity index (χ2n) is 11.7. The van der Waals surface area contributed by atoms with E-state index in [4.69, 9.17) is 24.3 Å². The molecule has 0 radical (unpaired) electrons. The van der Waals surface area contributed by atoms with E-state index in [0.717, 1.165) is 13.1 Å². The van der Waals surface area contributed by atoms with Gasteiger partial charge in [0.05, 0.1) is 31.0 Å². The van der Waals surface area contributed by atoms with Crippen molar-refractivity contribution in [3.05, 3.63) is 66.5 Å². The Morgan fingerprint density at radius 1 is 1.20 bits per heavy atom. The van der Waals surface area contributed by atoms with Crippen molar-refractivity contribution in [2.75, 3.05) is 19.7 Å². The van der Waals surface area contributed by atoms with E-state index in [0.29, 0.717) is 53.2 Å². The summed E-state index contributed by atoms with van der Waals surface area (Å²) in [7, 11) is 0. The van der Waals surface area contributed by atoms with Gasteiger partial charge in [0, 0.05) is 36.8 Å². The van der Waals surface area contributed by atoms with Crippen LogP contribution in [0, 0.1) is 0 Å². The molecule has 1 atom stereocenters. The Hall–Kier alpha value is -4.62. The Labute approximate surface area is 252 Å². The molecule has 230 valence electrons. The number of amides is 1. The Balaban J connectivity index is 1.32. The van der Waals surface area contributed by atoms with E-state index >= 15 is 0 Å². The number of alkyl halides is 2. The zero-order valence-corrected chi connectivity index (χ0v) is 24.6. The van der Waals surface area contributed by atoms with Gasteiger partial charge in [0.2, 0.25) is 0 Å². The molecule has 11 nitrogen and oxygen atoms in total. The number of halogens is 2. The third-order valence-corrected chi connectivity index (χ3v) is 7.06. The number of nitrogens with zero attached hydrogens (tertiary/aromatic N) is 5. The highest BCUT2D eigenvalue weighted by atomic mass is 19.3. The van der Waals surface area contributed by atoms with Crippen molar-refractivity contribution in [2.45, 2.75) is 52.1 Å². The zero-order chi connectivity index (χ0) is 30.8. The minimum absolute atomic E-state index is 0.00481. The summed E-state index contributed by atoms with van der Waals surface area (Å²) in [5.41, 5.74) is 2.94. The quantitative estimate of drug-likeness (QED) is 0.243. The molecular weight excluding hydrogens is 572 g/mol. The zero-order valence-electron chi connectivity index (χ0n) is 24.6. The highest BCUT2D eigenvalue weighted by molar-refractivity contribution is 5.94. The molecule has 2 N–H and O–H groups in total. The van der Waals surface area contributed by atoms with Crippen molar-refractivity contribution in [1.82, 2.24) is 34.9 Å². The first-order chi connectivity index (χ1) is 21.1. The average Bonchev–Trinajstić information content (AvgIpc) is 3.53. The second-order valence-corrected chi connectivity index (χ2v) is 11.7. The van der Waals surface area contributed by atoms with Gasteiger partial charge in [-0.25, -0.2) is 14.8 Å². The van der Waals surface area contributed by atoms with Crippen molar-refractivity contribution in [3.8, 4) is 22.9 Å². The minimum Gasteiger partial charge on any atom is -0.435 e. The number of carbonyl (C=O) groups is 1. The van der Waals surface area contributed by atoms with Gasteiger partial charge < -0.3 is 24.5 Å². The van der Waals surface area contributed by atoms with Crippen LogP contribution in [0.25, 0.3) is 33.5 Å². The summed E-state index contributed by atoms with van der Waals surface area (Å²) in [4.78, 5) is 26.9. The van der Waals surface area contributed by atoms with Crippen LogP contribution in [0.15, 0.2) is 60.9 Å². The summed E-state index contributed by atoms with van der Waals surface area (Å²) in [5.74, 6) is 0.186. The molecule has 0 aliphatic carbocycles. The van der Waals surface area contributed by atoms with Crippen LogP contribution in [0.1, 0.15) is 26.3 Å². The monoisotopic (exact) mass is 605 g/mol. The Kier molecular flexibility index (Phi) is 8.15. The number of morpholine rings is 1. The maximum atomic E-state index is 13.1. The highest BCUT2D eigenvalue weighted by Crippen LogP contribution is 2.33. The van der Waals surface area contributed by atoms with E-state index in [1.807, 2.05) is 39.0 Å². The number of nitrogens with one attached hydrogen (secondary N) is 2. The summed E-state index contributed by atoms with van der Waals surface area (Å²) in [6, 6.07) is 15.0. The Morgan fingerprint density at radius 3 is 2.80 bits per heavy atom. The maximum absolute atomic E-state index is 13.1. The van der Waals surface area contributed by atoms with Gasteiger partial charge in [-0.3, -0.25) is 9.58 Å². The fraction of sp³-hybridized carbons (Fsp3) is 0.355. The van der Waals surface area contributed by atoms with Gasteiger partial charge in [0.1, 0.15) is 17.1 Å². The van der Waals surface area contributed by atoms with E-state index < -0.39 is 18.2 Å². The molecule has 5 aromatic rings. The topological polar surface area (TPSA) is 119 Å². The van der Waals surface area contributed by atoms with Crippen LogP contribution < -0.4 is 14.8 Å². The predicted octanol–water partition coefficient (Wildman–Crippen LogP) is 5.36. The number of ether oxygens (including phenoxy) is 3. The van der Waals surface area contributed by atoms with Gasteiger partial charge in [0.25, 0.3) is 0 Å². The first-order valence-electron chi connectivity index (χ1n) is 14.3. The lowest BCUT2D eigenvalue weighted by molar-refractivity contribution is -0.0497. The molecule has 0 spiro atoms. The van der Waals surface area contributed by atoms with Gasteiger partial charge in [-0.1, -0.05) is 30.3 Å². The predicted molar refractivity (Wildman–Crippen MR) is 160 cm³/mol. The van der Waals surface area contributed by atoms with E-state index in [9.17, 15) is 13.6 Å². The van der Waals surface area contributed by atoms with Gasteiger partial charge >= 0.3 is 12.7 Å². The van der Waals surface area contributed by atoms with Gasteiger partial charge in [-0.05, 0) is 44.5 Å². The summed E-state index contributed by atoms with van der Waals surface area (Å²) in [6.45, 7) is 5.88. The molecule has 4 heterocycles. The van der Waals surface area contributed by atoms with Crippen molar-refractivity contribution < 1.29 is 27.8 Å². The van der Waals surface area contributed by atoms with Crippen molar-refractivity contribution in [1.29, 1.82) is 0 Å². The van der Waals surface area contributed by atoms with E-state index in [2.05, 4.69) is 32.3 Å². The van der Waals surface area contributed by atoms with Crippen LogP contribution in [0.3, 0.4) is 0 Å². The summed E-state index contributed by atoms with van der Waals surface area (Å²) >= 11 is 0. The molecule has 6 rings (SSSR count). The van der Waals surface area contributed by atoms with Crippen LogP contribution in [0.5, 0.6) is 11.5 Å². The number of benzene rings is 2. The van der Waals surface area contributed by atoms with Crippen molar-refractivity contribution in [3.63, 3.8) is 0 Å². The number of carbonyl (C=O) groups excluding carboxylic acids is 1. The van der Waals surface area contributed by atoms with Gasteiger partial charge in [-0.15, -0.1) is 0 Å². The fourth-order valence-corrected chi connectivity index (χ4v) is 5.22. The first kappa shape index (κ1) is 29.5. The molecule has 1 unspecified atom stereocenters. The Morgan fingerprint density at radius 2 is 2.02 bits per heavy atom. The van der Waals surface area contributed by atoms with Crippen LogP contribution in [-0.4, -0.2) is 73.7 Å². The number of H-pyrrole nitrogens is 1. The minimum atomic E-state index is -2.98. The molecule has 1 amide bonds. The standard InChI is InChI=1S/C31H33F2N7O4/c1-31(2,3)37-30(41)44-25-15-35-28-27(25)36-23(14-34-28)26-22-13-20(43-29(32)33)9-10-24(22)40(38-26)18-21-17-39(11-12-42-21)16-19-7-5-4-6-8-19/h4-10,13-15,21,29H,11-12,16-18H2,1-3H3,(H,34,35)(H,37,41). The smallest absolute Gasteiger partial charge is 0.413 e. The molecule has 2 aromatic carbocycles. The highest BCUT2D eigenvalue weighted by Gasteiger charge is 2.25. The lowest BCUT2D eigenvalue weighted by Crippen LogP contribution is -2.43. The molecule has 1 aliphatic rings. The maximum Gasteiger partial charge on any atom is 0.413 e. The van der Waals surface area contributed by atoms with Gasteiger partial charge in [-0.2, -0.15) is 13.9 Å². The van der Waals surface area contributed by atoms with E-state index in [1.165, 1.54) is 30.1 Å². The van der Waals surface area contributed by atoms with E-state index in [-0.39, 0.29) is 17.6 Å². The molecule has 44 heavy (non-hydrogen) atoms. The molecule has 3 aromatic heterocycles. The van der Waals surface area contributed by atoms with Crippen molar-refractivity contribution in [2.24, 2.45) is 0 Å². The number of hydrogen-bond acceptors (Lipinski definition) is 8. The second kappa shape index (κ2) is 12.2. The summed E-state index contributed by atoms with van der Waals surface area (Å²) in [5, 5.41) is 8.15. The van der Waals surface area contributed by atoms with Gasteiger partial charge in [0.15, 0.2) is 16.9 Å². The third kappa shape index (κ3) is 6.79. The molecule has 1 fully saturated rings. The van der Waals surface area contributed by atoms with E-state index in [1.54, 1.807) is 10.7 Å². The molecule has 0 saturated carbocycles. The SMILES string of the molecule is CC(C)(C)NC(=O)Oc1c[nH]c2ncc(-c3nn(CC4CN(Cc5ccccc5)CCO4)c4ccc(OC(F)F)cc34)nc12. The van der Waals surface area contributed by atoms with Crippen LogP contribution >= 0.6 is 0 Å². The average molecular weight is 606 g/mol. The summed E-state index contributed by atoms with van der Waals surface area (Å²) < 4.78 is 44.3. The number of aromatic nitrogens is 5. The third-order valence-electron chi connectivity index (χ3n) is 7.06. The van der Waals surface area contributed by atoms with Crippen LogP contribution in [0.4, 0.5) is 13.6 Å². The molecule has 1 saturated heterocycles. The first-order valence-corrected chi connectivity index (χ1v) is 14.3. The van der Waals surface area contributed by atoms with Crippen LogP contribution in [-0.2, 0) is 17.8 Å². The largest absolute Gasteiger partial charge is 0.435 e. The van der Waals surface area contributed by atoms with Crippen molar-refractivity contribution >= 4 is 28.2 Å².